The SMILES string of the molecule is Cc1cc(OO)c(C(=O)O)cc1C. The molecular weight excluding hydrogens is 172 g/mol. The molecule has 0 fully saturated rings. The number of carboxylic acids is 1. The third-order valence-electron chi connectivity index (χ3n) is 1.92. The number of aryl methyl sites for hydroxylation is 2. The van der Waals surface area contributed by atoms with Gasteiger partial charge in [-0.15, -0.1) is 0 Å². The Morgan fingerprint density at radius 2 is 1.85 bits per heavy atom. The molecule has 0 aliphatic rings. The maximum absolute atomic E-state index is 10.7. The maximum atomic E-state index is 10.7. The summed E-state index contributed by atoms with van der Waals surface area (Å²) in [7, 11) is 0. The Kier molecular flexibility index (Phi) is 2.53. The molecule has 2 N–H and O–H groups in total. The van der Waals surface area contributed by atoms with E-state index in [2.05, 4.69) is 4.89 Å². The molecule has 4 heteroatoms. The molecule has 1 aromatic rings. The normalized spacial score (nSPS) is 9.77. The average molecular weight is 182 g/mol. The molecule has 0 unspecified atom stereocenters. The van der Waals surface area contributed by atoms with Gasteiger partial charge in [0, 0.05) is 0 Å². The smallest absolute Gasteiger partial charge is 0.339 e. The van der Waals surface area contributed by atoms with Gasteiger partial charge in [-0.3, -0.25) is 0 Å². The number of hydrogen-bond acceptors (Lipinski definition) is 3. The quantitative estimate of drug-likeness (QED) is 0.541. The first-order chi connectivity index (χ1) is 6.06. The Hall–Kier alpha value is -1.55. The van der Waals surface area contributed by atoms with Crippen molar-refractivity contribution in [2.24, 2.45) is 0 Å². The summed E-state index contributed by atoms with van der Waals surface area (Å²) in [5.41, 5.74) is 1.68. The van der Waals surface area contributed by atoms with Crippen LogP contribution in [0.5, 0.6) is 5.75 Å². The predicted molar refractivity (Wildman–Crippen MR) is 46.1 cm³/mol. The second-order valence-electron chi connectivity index (χ2n) is 2.83. The third kappa shape index (κ3) is 1.78. The van der Waals surface area contributed by atoms with Crippen molar-refractivity contribution < 1.29 is 20.0 Å². The van der Waals surface area contributed by atoms with Crippen LogP contribution < -0.4 is 4.89 Å². The van der Waals surface area contributed by atoms with Crippen molar-refractivity contribution in [1.29, 1.82) is 0 Å². The lowest BCUT2D eigenvalue weighted by atomic mass is 10.1. The Balaban J connectivity index is 3.33. The van der Waals surface area contributed by atoms with E-state index >= 15 is 0 Å². The van der Waals surface area contributed by atoms with Crippen molar-refractivity contribution >= 4 is 5.97 Å². The zero-order chi connectivity index (χ0) is 10.0. The van der Waals surface area contributed by atoms with Gasteiger partial charge < -0.3 is 9.99 Å². The first-order valence-corrected chi connectivity index (χ1v) is 3.72. The van der Waals surface area contributed by atoms with Crippen molar-refractivity contribution in [2.45, 2.75) is 13.8 Å². The summed E-state index contributed by atoms with van der Waals surface area (Å²) in [4.78, 5) is 14.6. The zero-order valence-electron chi connectivity index (χ0n) is 7.37. The Morgan fingerprint density at radius 1 is 1.31 bits per heavy atom. The average Bonchev–Trinajstić information content (AvgIpc) is 2.08. The van der Waals surface area contributed by atoms with Crippen LogP contribution in [0.3, 0.4) is 0 Å². The number of aromatic carboxylic acids is 1. The number of carbonyl (C=O) groups is 1. The summed E-state index contributed by atoms with van der Waals surface area (Å²) < 4.78 is 0. The lowest BCUT2D eigenvalue weighted by Gasteiger charge is -2.05. The van der Waals surface area contributed by atoms with Gasteiger partial charge >= 0.3 is 5.97 Å². The summed E-state index contributed by atoms with van der Waals surface area (Å²) in [6.07, 6.45) is 0. The second-order valence-corrected chi connectivity index (χ2v) is 2.83. The molecule has 0 saturated carbocycles. The first kappa shape index (κ1) is 9.54. The molecule has 13 heavy (non-hydrogen) atoms. The Labute approximate surface area is 75.3 Å². The second kappa shape index (κ2) is 3.45. The van der Waals surface area contributed by atoms with Crippen molar-refractivity contribution in [3.63, 3.8) is 0 Å². The van der Waals surface area contributed by atoms with Crippen LogP contribution >= 0.6 is 0 Å². The Bertz CT molecular complexity index is 344. The zero-order valence-corrected chi connectivity index (χ0v) is 7.37. The summed E-state index contributed by atoms with van der Waals surface area (Å²) in [5, 5.41) is 17.1. The standard InChI is InChI=1S/C9H10O4/c1-5-3-7(9(10)11)8(13-12)4-6(5)2/h3-4,12H,1-2H3,(H,10,11). The van der Waals surface area contributed by atoms with Gasteiger partial charge in [-0.25, -0.2) is 10.1 Å². The minimum absolute atomic E-state index is 0.0319. The van der Waals surface area contributed by atoms with Crippen LogP contribution in [-0.4, -0.2) is 16.3 Å². The molecule has 0 saturated heterocycles. The van der Waals surface area contributed by atoms with Crippen LogP contribution in [0.4, 0.5) is 0 Å². The van der Waals surface area contributed by atoms with Crippen molar-refractivity contribution in [3.05, 3.63) is 28.8 Å². The van der Waals surface area contributed by atoms with Crippen LogP contribution in [0.1, 0.15) is 21.5 Å². The molecule has 70 valence electrons. The van der Waals surface area contributed by atoms with Gasteiger partial charge in [0.2, 0.25) is 0 Å². The van der Waals surface area contributed by atoms with Gasteiger partial charge in [-0.2, -0.15) is 0 Å². The fourth-order valence-corrected chi connectivity index (χ4v) is 1.03. The van der Waals surface area contributed by atoms with E-state index in [1.807, 2.05) is 6.92 Å². The molecule has 0 aliphatic heterocycles. The first-order valence-electron chi connectivity index (χ1n) is 3.72. The van der Waals surface area contributed by atoms with Crippen LogP contribution in [-0.2, 0) is 0 Å². The summed E-state index contributed by atoms with van der Waals surface area (Å²) in [6.45, 7) is 3.60. The van der Waals surface area contributed by atoms with Gasteiger partial charge in [0.1, 0.15) is 5.56 Å². The highest BCUT2D eigenvalue weighted by Gasteiger charge is 2.13. The van der Waals surface area contributed by atoms with Crippen molar-refractivity contribution in [2.75, 3.05) is 0 Å². The van der Waals surface area contributed by atoms with Crippen molar-refractivity contribution in [3.8, 4) is 5.75 Å². The van der Waals surface area contributed by atoms with Crippen LogP contribution in [0.25, 0.3) is 0 Å². The topological polar surface area (TPSA) is 66.8 Å². The molecule has 1 aromatic carbocycles. The largest absolute Gasteiger partial charge is 0.478 e. The predicted octanol–water partition coefficient (Wildman–Crippen LogP) is 1.85. The third-order valence-corrected chi connectivity index (χ3v) is 1.92. The van der Waals surface area contributed by atoms with E-state index < -0.39 is 5.97 Å². The number of hydrogen-bond donors (Lipinski definition) is 2. The summed E-state index contributed by atoms with van der Waals surface area (Å²) >= 11 is 0. The monoisotopic (exact) mass is 182 g/mol. The molecule has 0 amide bonds. The summed E-state index contributed by atoms with van der Waals surface area (Å²) in [5.74, 6) is -1.15. The highest BCUT2D eigenvalue weighted by Crippen LogP contribution is 2.22. The fraction of sp³-hybridized carbons (Fsp3) is 0.222. The molecule has 0 bridgehead atoms. The van der Waals surface area contributed by atoms with Gasteiger partial charge in [0.15, 0.2) is 5.75 Å². The molecule has 1 rings (SSSR count). The lowest BCUT2D eigenvalue weighted by Crippen LogP contribution is -2.02. The van der Waals surface area contributed by atoms with E-state index in [1.54, 1.807) is 6.92 Å². The van der Waals surface area contributed by atoms with E-state index in [-0.39, 0.29) is 11.3 Å². The molecule has 0 spiro atoms. The van der Waals surface area contributed by atoms with E-state index in [0.29, 0.717) is 0 Å². The molecular formula is C9H10O4. The lowest BCUT2D eigenvalue weighted by molar-refractivity contribution is -0.138. The van der Waals surface area contributed by atoms with Gasteiger partial charge in [0.05, 0.1) is 0 Å². The minimum atomic E-state index is -1.12. The van der Waals surface area contributed by atoms with Crippen molar-refractivity contribution in [1.82, 2.24) is 0 Å². The van der Waals surface area contributed by atoms with Gasteiger partial charge in [-0.1, -0.05) is 0 Å². The number of benzene rings is 1. The van der Waals surface area contributed by atoms with Crippen LogP contribution in [0, 0.1) is 13.8 Å². The molecule has 4 nitrogen and oxygen atoms in total. The molecule has 0 radical (unpaired) electrons. The number of rotatable bonds is 2. The van der Waals surface area contributed by atoms with E-state index in [4.69, 9.17) is 10.4 Å². The highest BCUT2D eigenvalue weighted by atomic mass is 17.1. The van der Waals surface area contributed by atoms with E-state index in [0.717, 1.165) is 11.1 Å². The fourth-order valence-electron chi connectivity index (χ4n) is 1.03. The Morgan fingerprint density at radius 3 is 2.31 bits per heavy atom. The molecule has 0 heterocycles. The van der Waals surface area contributed by atoms with Gasteiger partial charge in [0.25, 0.3) is 0 Å². The maximum Gasteiger partial charge on any atom is 0.339 e. The van der Waals surface area contributed by atoms with Crippen LogP contribution in [0.2, 0.25) is 0 Å². The van der Waals surface area contributed by atoms with E-state index in [1.165, 1.54) is 12.1 Å². The minimum Gasteiger partial charge on any atom is -0.478 e. The molecule has 0 atom stereocenters. The molecule has 0 aliphatic carbocycles. The van der Waals surface area contributed by atoms with Gasteiger partial charge in [-0.05, 0) is 37.1 Å². The number of carboxylic acid groups (broad SMARTS) is 1. The highest BCUT2D eigenvalue weighted by molar-refractivity contribution is 5.91. The van der Waals surface area contributed by atoms with Crippen LogP contribution in [0.15, 0.2) is 12.1 Å². The van der Waals surface area contributed by atoms with E-state index in [9.17, 15) is 4.79 Å². The molecule has 0 aromatic heterocycles. The summed E-state index contributed by atoms with van der Waals surface area (Å²) in [6, 6.07) is 2.95.